The molecule has 0 aliphatic heterocycles. The molecular formula is C15H26O2. The number of hydrogen-bond donors (Lipinski definition) is 0. The van der Waals surface area contributed by atoms with E-state index in [4.69, 9.17) is 0 Å². The lowest BCUT2D eigenvalue weighted by Gasteiger charge is -2.10. The van der Waals surface area contributed by atoms with Crippen molar-refractivity contribution < 1.29 is 9.53 Å². The smallest absolute Gasteiger partial charge is 0.330 e. The van der Waals surface area contributed by atoms with Gasteiger partial charge in [0, 0.05) is 6.08 Å². The van der Waals surface area contributed by atoms with Gasteiger partial charge < -0.3 is 4.74 Å². The van der Waals surface area contributed by atoms with Crippen molar-refractivity contribution in [3.05, 3.63) is 23.8 Å². The summed E-state index contributed by atoms with van der Waals surface area (Å²) < 4.78 is 4.57. The molecule has 0 aliphatic rings. The SMILES string of the molecule is CCC(C)CCC(C)C=CC(C)=CC(=O)OC. The molecule has 2 heteroatoms. The lowest BCUT2D eigenvalue weighted by molar-refractivity contribution is -0.134. The second-order valence-electron chi connectivity index (χ2n) is 4.84. The molecule has 0 aromatic rings. The van der Waals surface area contributed by atoms with Gasteiger partial charge in [-0.05, 0) is 30.8 Å². The number of carbonyl (C=O) groups excluding carboxylic acids is 1. The van der Waals surface area contributed by atoms with Gasteiger partial charge in [-0.2, -0.15) is 0 Å². The Balaban J connectivity index is 4.06. The molecule has 2 nitrogen and oxygen atoms in total. The number of esters is 1. The van der Waals surface area contributed by atoms with Crippen molar-refractivity contribution >= 4 is 5.97 Å². The molecule has 0 saturated carbocycles. The molecule has 0 bridgehead atoms. The van der Waals surface area contributed by atoms with Crippen LogP contribution in [0.1, 0.15) is 47.0 Å². The average molecular weight is 238 g/mol. The quantitative estimate of drug-likeness (QED) is 0.379. The fourth-order valence-electron chi connectivity index (χ4n) is 1.46. The van der Waals surface area contributed by atoms with Crippen LogP contribution in [0.5, 0.6) is 0 Å². The maximum absolute atomic E-state index is 11.0. The highest BCUT2D eigenvalue weighted by atomic mass is 16.5. The highest BCUT2D eigenvalue weighted by Crippen LogP contribution is 2.16. The van der Waals surface area contributed by atoms with Gasteiger partial charge in [-0.3, -0.25) is 0 Å². The van der Waals surface area contributed by atoms with E-state index in [1.807, 2.05) is 13.0 Å². The van der Waals surface area contributed by atoms with Crippen LogP contribution in [0.2, 0.25) is 0 Å². The van der Waals surface area contributed by atoms with Gasteiger partial charge in [-0.25, -0.2) is 4.79 Å². The molecule has 0 saturated heterocycles. The first kappa shape index (κ1) is 16.0. The summed E-state index contributed by atoms with van der Waals surface area (Å²) in [5.41, 5.74) is 0.937. The fourth-order valence-corrected chi connectivity index (χ4v) is 1.46. The summed E-state index contributed by atoms with van der Waals surface area (Å²) in [6, 6.07) is 0. The largest absolute Gasteiger partial charge is 0.466 e. The summed E-state index contributed by atoms with van der Waals surface area (Å²) in [5, 5.41) is 0. The Morgan fingerprint density at radius 2 is 1.94 bits per heavy atom. The molecule has 2 unspecified atom stereocenters. The summed E-state index contributed by atoms with van der Waals surface area (Å²) in [4.78, 5) is 11.0. The van der Waals surface area contributed by atoms with E-state index in [2.05, 4.69) is 31.6 Å². The van der Waals surface area contributed by atoms with Crippen LogP contribution in [0, 0.1) is 11.8 Å². The number of carbonyl (C=O) groups is 1. The van der Waals surface area contributed by atoms with E-state index in [0.29, 0.717) is 5.92 Å². The third kappa shape index (κ3) is 8.73. The van der Waals surface area contributed by atoms with Crippen LogP contribution in [-0.4, -0.2) is 13.1 Å². The zero-order chi connectivity index (χ0) is 13.3. The molecule has 0 rings (SSSR count). The summed E-state index contributed by atoms with van der Waals surface area (Å²) in [7, 11) is 1.39. The van der Waals surface area contributed by atoms with E-state index in [0.717, 1.165) is 11.5 Å². The van der Waals surface area contributed by atoms with Crippen molar-refractivity contribution in [2.24, 2.45) is 11.8 Å². The Kier molecular flexibility index (Phi) is 8.47. The zero-order valence-corrected chi connectivity index (χ0v) is 11.8. The van der Waals surface area contributed by atoms with E-state index >= 15 is 0 Å². The van der Waals surface area contributed by atoms with E-state index in [-0.39, 0.29) is 5.97 Å². The van der Waals surface area contributed by atoms with Gasteiger partial charge in [0.1, 0.15) is 0 Å². The predicted molar refractivity (Wildman–Crippen MR) is 72.8 cm³/mol. The third-order valence-electron chi connectivity index (χ3n) is 3.05. The summed E-state index contributed by atoms with van der Waals surface area (Å²) in [5.74, 6) is 1.07. The van der Waals surface area contributed by atoms with Gasteiger partial charge in [0.15, 0.2) is 0 Å². The number of ether oxygens (including phenoxy) is 1. The summed E-state index contributed by atoms with van der Waals surface area (Å²) >= 11 is 0. The minimum Gasteiger partial charge on any atom is -0.466 e. The van der Waals surface area contributed by atoms with Crippen LogP contribution in [-0.2, 0) is 9.53 Å². The molecule has 0 fully saturated rings. The third-order valence-corrected chi connectivity index (χ3v) is 3.05. The first-order valence-corrected chi connectivity index (χ1v) is 6.44. The average Bonchev–Trinajstić information content (AvgIpc) is 2.32. The molecule has 17 heavy (non-hydrogen) atoms. The van der Waals surface area contributed by atoms with Crippen LogP contribution in [0.15, 0.2) is 23.8 Å². The molecule has 0 N–H and O–H groups in total. The second-order valence-corrected chi connectivity index (χ2v) is 4.84. The second kappa shape index (κ2) is 9.03. The molecule has 0 amide bonds. The van der Waals surface area contributed by atoms with Crippen molar-refractivity contribution in [3.63, 3.8) is 0 Å². The molecule has 98 valence electrons. The van der Waals surface area contributed by atoms with E-state index in [1.54, 1.807) is 0 Å². The van der Waals surface area contributed by atoms with Crippen LogP contribution in [0.25, 0.3) is 0 Å². The van der Waals surface area contributed by atoms with Crippen LogP contribution in [0.3, 0.4) is 0 Å². The van der Waals surface area contributed by atoms with Crippen molar-refractivity contribution in [2.45, 2.75) is 47.0 Å². The van der Waals surface area contributed by atoms with E-state index in [9.17, 15) is 4.79 Å². The summed E-state index contributed by atoms with van der Waals surface area (Å²) in [6.45, 7) is 8.65. The molecule has 0 aromatic heterocycles. The van der Waals surface area contributed by atoms with Crippen LogP contribution in [0.4, 0.5) is 0 Å². The van der Waals surface area contributed by atoms with Gasteiger partial charge in [-0.15, -0.1) is 0 Å². The van der Waals surface area contributed by atoms with Crippen LogP contribution < -0.4 is 0 Å². The van der Waals surface area contributed by atoms with E-state index in [1.165, 1.54) is 32.4 Å². The van der Waals surface area contributed by atoms with Crippen molar-refractivity contribution in [2.75, 3.05) is 7.11 Å². The first-order chi connectivity index (χ1) is 7.99. The van der Waals surface area contributed by atoms with Gasteiger partial charge in [0.05, 0.1) is 7.11 Å². The lowest BCUT2D eigenvalue weighted by Crippen LogP contribution is -1.97. The Hall–Kier alpha value is -1.05. The predicted octanol–water partition coefficient (Wildman–Crippen LogP) is 4.12. The standard InChI is InChI=1S/C15H26O2/c1-6-12(2)7-8-13(3)9-10-14(4)11-15(16)17-5/h9-13H,6-8H2,1-5H3. The molecule has 0 heterocycles. The maximum atomic E-state index is 11.0. The van der Waals surface area contributed by atoms with Crippen LogP contribution >= 0.6 is 0 Å². The first-order valence-electron chi connectivity index (χ1n) is 6.44. The summed E-state index contributed by atoms with van der Waals surface area (Å²) in [6.07, 6.45) is 9.39. The van der Waals surface area contributed by atoms with Gasteiger partial charge in [0.2, 0.25) is 0 Å². The number of hydrogen-bond acceptors (Lipinski definition) is 2. The zero-order valence-electron chi connectivity index (χ0n) is 11.8. The topological polar surface area (TPSA) is 26.3 Å². The molecule has 0 aliphatic carbocycles. The maximum Gasteiger partial charge on any atom is 0.330 e. The van der Waals surface area contributed by atoms with Gasteiger partial charge in [0.25, 0.3) is 0 Å². The Labute approximate surface area is 106 Å². The molecule has 0 spiro atoms. The number of methoxy groups -OCH3 is 1. The van der Waals surface area contributed by atoms with Gasteiger partial charge in [-0.1, -0.05) is 45.8 Å². The molecule has 0 aromatic carbocycles. The Morgan fingerprint density at radius 3 is 2.47 bits per heavy atom. The van der Waals surface area contributed by atoms with Crippen molar-refractivity contribution in [1.82, 2.24) is 0 Å². The fraction of sp³-hybridized carbons (Fsp3) is 0.667. The molecule has 0 radical (unpaired) electrons. The Bertz CT molecular complexity index is 277. The lowest BCUT2D eigenvalue weighted by atomic mass is 9.96. The normalized spacial score (nSPS) is 15.9. The molecular weight excluding hydrogens is 212 g/mol. The minimum atomic E-state index is -0.292. The molecule has 2 atom stereocenters. The highest BCUT2D eigenvalue weighted by Gasteiger charge is 2.02. The van der Waals surface area contributed by atoms with Crippen molar-refractivity contribution in [3.8, 4) is 0 Å². The minimum absolute atomic E-state index is 0.292. The number of allylic oxidation sites excluding steroid dienone is 3. The van der Waals surface area contributed by atoms with E-state index < -0.39 is 0 Å². The monoisotopic (exact) mass is 238 g/mol. The Morgan fingerprint density at radius 1 is 1.29 bits per heavy atom. The van der Waals surface area contributed by atoms with Crippen molar-refractivity contribution in [1.29, 1.82) is 0 Å². The van der Waals surface area contributed by atoms with Gasteiger partial charge >= 0.3 is 5.97 Å². The highest BCUT2D eigenvalue weighted by molar-refractivity contribution is 5.83. The number of rotatable bonds is 7.